The molecule has 0 aromatic rings. The van der Waals surface area contributed by atoms with E-state index in [1.165, 1.54) is 19.3 Å². The van der Waals surface area contributed by atoms with Crippen LogP contribution in [0.15, 0.2) is 0 Å². The predicted octanol–water partition coefficient (Wildman–Crippen LogP) is 1.45. The van der Waals surface area contributed by atoms with Crippen LogP contribution < -0.4 is 11.1 Å². The summed E-state index contributed by atoms with van der Waals surface area (Å²) < 4.78 is 5.12. The second kappa shape index (κ2) is 10.1. The van der Waals surface area contributed by atoms with E-state index in [0.29, 0.717) is 37.1 Å². The highest BCUT2D eigenvalue weighted by molar-refractivity contribution is 7.80. The monoisotopic (exact) mass is 315 g/mol. The summed E-state index contributed by atoms with van der Waals surface area (Å²) in [5.74, 6) is 0.0981. The van der Waals surface area contributed by atoms with E-state index in [2.05, 4.69) is 10.2 Å². The molecule has 6 heteroatoms. The lowest BCUT2D eigenvalue weighted by Crippen LogP contribution is -2.50. The number of nitrogens with two attached hydrogens (primary N) is 1. The topological polar surface area (TPSA) is 67.6 Å². The van der Waals surface area contributed by atoms with Crippen LogP contribution >= 0.6 is 12.2 Å². The Morgan fingerprint density at radius 1 is 1.38 bits per heavy atom. The molecule has 0 radical (unpaired) electrons. The molecule has 0 aromatic carbocycles. The number of carbonyl (C=O) groups excluding carboxylic acids is 1. The van der Waals surface area contributed by atoms with Gasteiger partial charge in [-0.05, 0) is 19.8 Å². The van der Waals surface area contributed by atoms with Gasteiger partial charge >= 0.3 is 0 Å². The first-order valence-electron chi connectivity index (χ1n) is 7.86. The zero-order chi connectivity index (χ0) is 15.7. The van der Waals surface area contributed by atoms with Crippen molar-refractivity contribution in [1.82, 2.24) is 10.2 Å². The number of nitrogens with zero attached hydrogens (tertiary/aromatic N) is 1. The fourth-order valence-electron chi connectivity index (χ4n) is 2.70. The van der Waals surface area contributed by atoms with E-state index in [9.17, 15) is 4.79 Å². The van der Waals surface area contributed by atoms with Crippen LogP contribution in [0.4, 0.5) is 0 Å². The second-order valence-corrected chi connectivity index (χ2v) is 6.29. The molecule has 0 aromatic heterocycles. The van der Waals surface area contributed by atoms with Gasteiger partial charge in [0.1, 0.15) is 0 Å². The zero-order valence-electron chi connectivity index (χ0n) is 13.3. The van der Waals surface area contributed by atoms with E-state index in [0.717, 1.165) is 12.8 Å². The molecule has 21 heavy (non-hydrogen) atoms. The fraction of sp³-hybridized carbons (Fsp3) is 0.867. The predicted molar refractivity (Wildman–Crippen MR) is 89.3 cm³/mol. The van der Waals surface area contributed by atoms with Crippen molar-refractivity contribution in [3.05, 3.63) is 0 Å². The maximum atomic E-state index is 12.4. The molecule has 1 rings (SSSR count). The summed E-state index contributed by atoms with van der Waals surface area (Å²) in [6.07, 6.45) is 6.55. The summed E-state index contributed by atoms with van der Waals surface area (Å²) in [6, 6.07) is 0.157. The van der Waals surface area contributed by atoms with Crippen LogP contribution in [0.2, 0.25) is 0 Å². The van der Waals surface area contributed by atoms with Crippen molar-refractivity contribution in [2.24, 2.45) is 5.73 Å². The van der Waals surface area contributed by atoms with Crippen LogP contribution in [0.3, 0.4) is 0 Å². The van der Waals surface area contributed by atoms with Crippen molar-refractivity contribution in [2.45, 2.75) is 57.5 Å². The standard InChI is InChI=1S/C15H29N3O2S/c1-12(15(19)17-13-6-4-3-5-7-13)18(10-11-20-2)9-8-14(16)21/h12-13H,3-11H2,1-2H3,(H2,16,21)(H,17,19). The number of hydrogen-bond donors (Lipinski definition) is 2. The summed E-state index contributed by atoms with van der Waals surface area (Å²) in [6.45, 7) is 3.93. The molecule has 0 spiro atoms. The van der Waals surface area contributed by atoms with Crippen LogP contribution in [0.1, 0.15) is 45.4 Å². The quantitative estimate of drug-likeness (QED) is 0.630. The Bertz CT molecular complexity index is 333. The zero-order valence-corrected chi connectivity index (χ0v) is 14.1. The van der Waals surface area contributed by atoms with E-state index in [4.69, 9.17) is 22.7 Å². The van der Waals surface area contributed by atoms with Gasteiger partial charge in [-0.2, -0.15) is 0 Å². The Kier molecular flexibility index (Phi) is 8.80. The molecule has 3 N–H and O–H groups in total. The summed E-state index contributed by atoms with van der Waals surface area (Å²) in [5.41, 5.74) is 5.57. The molecule has 0 saturated heterocycles. The Morgan fingerprint density at radius 2 is 2.05 bits per heavy atom. The molecular weight excluding hydrogens is 286 g/mol. The van der Waals surface area contributed by atoms with Gasteiger partial charge in [0.05, 0.1) is 17.6 Å². The Hall–Kier alpha value is -0.720. The van der Waals surface area contributed by atoms with E-state index >= 15 is 0 Å². The first-order valence-corrected chi connectivity index (χ1v) is 8.27. The van der Waals surface area contributed by atoms with Crippen LogP contribution in [0.5, 0.6) is 0 Å². The van der Waals surface area contributed by atoms with Crippen LogP contribution in [-0.2, 0) is 9.53 Å². The molecule has 0 heterocycles. The van der Waals surface area contributed by atoms with E-state index in [-0.39, 0.29) is 11.9 Å². The van der Waals surface area contributed by atoms with Gasteiger partial charge in [0.15, 0.2) is 0 Å². The summed E-state index contributed by atoms with van der Waals surface area (Å²) in [7, 11) is 1.67. The van der Waals surface area contributed by atoms with E-state index < -0.39 is 0 Å². The molecule has 1 amide bonds. The van der Waals surface area contributed by atoms with Gasteiger partial charge in [-0.25, -0.2) is 0 Å². The normalized spacial score (nSPS) is 17.7. The van der Waals surface area contributed by atoms with Gasteiger partial charge in [0.25, 0.3) is 0 Å². The summed E-state index contributed by atoms with van der Waals surface area (Å²) in [4.78, 5) is 15.0. The third-order valence-electron chi connectivity index (χ3n) is 4.11. The fourth-order valence-corrected chi connectivity index (χ4v) is 2.79. The average Bonchev–Trinajstić information content (AvgIpc) is 2.47. The minimum Gasteiger partial charge on any atom is -0.393 e. The summed E-state index contributed by atoms with van der Waals surface area (Å²) in [5, 5.41) is 3.18. The number of carbonyl (C=O) groups is 1. The van der Waals surface area contributed by atoms with Gasteiger partial charge in [0, 0.05) is 32.7 Å². The number of nitrogens with one attached hydrogen (secondary N) is 1. The van der Waals surface area contributed by atoms with Gasteiger partial charge in [-0.3, -0.25) is 9.69 Å². The van der Waals surface area contributed by atoms with Gasteiger partial charge in [-0.1, -0.05) is 31.5 Å². The third kappa shape index (κ3) is 7.20. The molecule has 0 aliphatic heterocycles. The van der Waals surface area contributed by atoms with Crippen molar-refractivity contribution >= 4 is 23.1 Å². The van der Waals surface area contributed by atoms with Crippen molar-refractivity contribution in [1.29, 1.82) is 0 Å². The molecule has 1 aliphatic carbocycles. The van der Waals surface area contributed by atoms with Crippen LogP contribution in [0.25, 0.3) is 0 Å². The highest BCUT2D eigenvalue weighted by Gasteiger charge is 2.24. The molecule has 1 unspecified atom stereocenters. The van der Waals surface area contributed by atoms with Crippen LogP contribution in [0, 0.1) is 0 Å². The number of thiocarbonyl (C=S) groups is 1. The number of ether oxygens (including phenoxy) is 1. The first kappa shape index (κ1) is 18.3. The van der Waals surface area contributed by atoms with Gasteiger partial charge < -0.3 is 15.8 Å². The minimum atomic E-state index is -0.184. The van der Waals surface area contributed by atoms with E-state index in [1.807, 2.05) is 6.92 Å². The molecule has 0 bridgehead atoms. The maximum absolute atomic E-state index is 12.4. The van der Waals surface area contributed by atoms with Gasteiger partial charge in [-0.15, -0.1) is 0 Å². The molecule has 1 saturated carbocycles. The maximum Gasteiger partial charge on any atom is 0.237 e. The summed E-state index contributed by atoms with van der Waals surface area (Å²) >= 11 is 4.93. The smallest absolute Gasteiger partial charge is 0.237 e. The van der Waals surface area contributed by atoms with E-state index in [1.54, 1.807) is 7.11 Å². The minimum absolute atomic E-state index is 0.0981. The molecule has 1 atom stereocenters. The largest absolute Gasteiger partial charge is 0.393 e. The van der Waals surface area contributed by atoms with Crippen molar-refractivity contribution in [3.8, 4) is 0 Å². The SMILES string of the molecule is COCCN(CCC(N)=S)C(C)C(=O)NC1CCCCC1. The molecule has 122 valence electrons. The molecule has 1 fully saturated rings. The molecule has 1 aliphatic rings. The lowest BCUT2D eigenvalue weighted by atomic mass is 9.95. The number of amides is 1. The van der Waals surface area contributed by atoms with Crippen molar-refractivity contribution < 1.29 is 9.53 Å². The third-order valence-corrected chi connectivity index (χ3v) is 4.31. The molecule has 5 nitrogen and oxygen atoms in total. The molecular formula is C15H29N3O2S. The van der Waals surface area contributed by atoms with Crippen molar-refractivity contribution in [3.63, 3.8) is 0 Å². The highest BCUT2D eigenvalue weighted by atomic mass is 32.1. The highest BCUT2D eigenvalue weighted by Crippen LogP contribution is 2.17. The number of rotatable bonds is 9. The average molecular weight is 315 g/mol. The Morgan fingerprint density at radius 3 is 2.62 bits per heavy atom. The number of hydrogen-bond acceptors (Lipinski definition) is 4. The lowest BCUT2D eigenvalue weighted by Gasteiger charge is -2.30. The Balaban J connectivity index is 2.48. The second-order valence-electron chi connectivity index (χ2n) is 5.76. The van der Waals surface area contributed by atoms with Gasteiger partial charge in [0.2, 0.25) is 5.91 Å². The lowest BCUT2D eigenvalue weighted by molar-refractivity contribution is -0.127. The number of methoxy groups -OCH3 is 1. The van der Waals surface area contributed by atoms with Crippen molar-refractivity contribution in [2.75, 3.05) is 26.8 Å². The first-order chi connectivity index (χ1) is 10.0. The Labute approximate surface area is 133 Å². The van der Waals surface area contributed by atoms with Crippen LogP contribution in [-0.4, -0.2) is 54.7 Å².